The third-order valence-electron chi connectivity index (χ3n) is 6.80. The topological polar surface area (TPSA) is 122 Å². The van der Waals surface area contributed by atoms with E-state index >= 15 is 0 Å². The van der Waals surface area contributed by atoms with E-state index in [1.54, 1.807) is 49.6 Å². The average molecular weight is 586 g/mol. The number of anilines is 5. The van der Waals surface area contributed by atoms with E-state index in [0.29, 0.717) is 54.8 Å². The zero-order valence-corrected chi connectivity index (χ0v) is 24.1. The first-order valence-electron chi connectivity index (χ1n) is 13.4. The molecule has 2 aromatic heterocycles. The summed E-state index contributed by atoms with van der Waals surface area (Å²) in [5.74, 6) is -0.260. The Morgan fingerprint density at radius 3 is 2.48 bits per heavy atom. The molecule has 0 aliphatic rings. The predicted octanol–water partition coefficient (Wildman–Crippen LogP) is 4.60. The number of fused-ring (bicyclic) bond motifs is 1. The predicted molar refractivity (Wildman–Crippen MR) is 168 cm³/mol. The lowest BCUT2D eigenvalue weighted by Crippen LogP contribution is -2.44. The second-order valence-electron chi connectivity index (χ2n) is 9.52. The molecule has 3 N–H and O–H groups in total. The van der Waals surface area contributed by atoms with E-state index < -0.39 is 10.9 Å². The van der Waals surface area contributed by atoms with Gasteiger partial charge in [-0.05, 0) is 47.3 Å². The highest BCUT2D eigenvalue weighted by atomic mass is 32.1. The highest BCUT2D eigenvalue weighted by Crippen LogP contribution is 2.28. The summed E-state index contributed by atoms with van der Waals surface area (Å²) >= 11 is 1.34. The van der Waals surface area contributed by atoms with Crippen LogP contribution in [-0.4, -0.2) is 51.4 Å². The lowest BCUT2D eigenvalue weighted by molar-refractivity contribution is 0.103. The molecule has 0 saturated carbocycles. The van der Waals surface area contributed by atoms with Crippen molar-refractivity contribution in [3.8, 4) is 0 Å². The SMILES string of the molecule is COCCN(CCOC)c1c(Nc2cccc(NC(=O)c3sccc3NCc3ccnc4ccccc34)c2)c(=O)c1=O. The first-order chi connectivity index (χ1) is 20.5. The Morgan fingerprint density at radius 2 is 1.69 bits per heavy atom. The van der Waals surface area contributed by atoms with Crippen LogP contribution in [0.4, 0.5) is 28.4 Å². The summed E-state index contributed by atoms with van der Waals surface area (Å²) in [5, 5.41) is 12.3. The van der Waals surface area contributed by atoms with Gasteiger partial charge in [-0.15, -0.1) is 11.3 Å². The quantitative estimate of drug-likeness (QED) is 0.161. The van der Waals surface area contributed by atoms with Gasteiger partial charge in [-0.3, -0.25) is 19.4 Å². The van der Waals surface area contributed by atoms with Crippen molar-refractivity contribution in [2.24, 2.45) is 0 Å². The van der Waals surface area contributed by atoms with Gasteiger partial charge in [0.2, 0.25) is 0 Å². The van der Waals surface area contributed by atoms with Crippen LogP contribution in [-0.2, 0) is 16.0 Å². The van der Waals surface area contributed by atoms with Crippen LogP contribution in [0.5, 0.6) is 0 Å². The number of hydrogen-bond donors (Lipinski definition) is 3. The molecule has 11 heteroatoms. The third kappa shape index (κ3) is 6.33. The number of ether oxygens (including phenoxy) is 2. The van der Waals surface area contributed by atoms with E-state index in [2.05, 4.69) is 20.9 Å². The standard InChI is InChI=1S/C31H31N5O5S/c1-40-15-13-36(14-16-41-2)27-26(28(37)29(27)38)34-21-6-5-7-22(18-21)35-31(39)30-25(11-17-42-30)33-19-20-10-12-32-24-9-4-3-8-23(20)24/h3-12,17-18,33-34H,13-16,19H2,1-2H3,(H,35,39). The second kappa shape index (κ2) is 13.4. The molecule has 0 radical (unpaired) electrons. The number of amides is 1. The summed E-state index contributed by atoms with van der Waals surface area (Å²) in [6.07, 6.45) is 1.78. The monoisotopic (exact) mass is 585 g/mol. The minimum atomic E-state index is -0.587. The van der Waals surface area contributed by atoms with Gasteiger partial charge in [-0.25, -0.2) is 0 Å². The Hall–Kier alpha value is -4.58. The first kappa shape index (κ1) is 28.9. The van der Waals surface area contributed by atoms with Crippen LogP contribution < -0.4 is 31.7 Å². The second-order valence-corrected chi connectivity index (χ2v) is 10.4. The maximum Gasteiger partial charge on any atom is 0.267 e. The van der Waals surface area contributed by atoms with Gasteiger partial charge in [-0.1, -0.05) is 24.3 Å². The number of benzene rings is 2. The molecule has 0 spiro atoms. The van der Waals surface area contributed by atoms with Crippen molar-refractivity contribution in [3.63, 3.8) is 0 Å². The molecule has 0 atom stereocenters. The van der Waals surface area contributed by atoms with Gasteiger partial charge in [0.1, 0.15) is 16.3 Å². The maximum atomic E-state index is 13.2. The molecule has 10 nitrogen and oxygen atoms in total. The molecule has 0 fully saturated rings. The summed E-state index contributed by atoms with van der Waals surface area (Å²) in [5.41, 5.74) is 3.22. The summed E-state index contributed by atoms with van der Waals surface area (Å²) in [4.78, 5) is 44.9. The summed E-state index contributed by atoms with van der Waals surface area (Å²) in [7, 11) is 3.15. The number of hydrogen-bond acceptors (Lipinski definition) is 10. The Bertz CT molecular complexity index is 1750. The van der Waals surface area contributed by atoms with E-state index in [9.17, 15) is 14.4 Å². The molecule has 0 aliphatic carbocycles. The number of nitrogens with zero attached hydrogens (tertiary/aromatic N) is 2. The van der Waals surface area contributed by atoms with Crippen molar-refractivity contribution in [2.45, 2.75) is 6.54 Å². The fourth-order valence-electron chi connectivity index (χ4n) is 4.67. The van der Waals surface area contributed by atoms with Crippen LogP contribution in [0.15, 0.2) is 81.8 Å². The molecule has 42 heavy (non-hydrogen) atoms. The fourth-order valence-corrected chi connectivity index (χ4v) is 5.43. The number of aromatic nitrogens is 1. The van der Waals surface area contributed by atoms with Gasteiger partial charge in [0.15, 0.2) is 0 Å². The minimum Gasteiger partial charge on any atom is -0.383 e. The van der Waals surface area contributed by atoms with E-state index in [0.717, 1.165) is 22.2 Å². The van der Waals surface area contributed by atoms with Crippen LogP contribution in [0.3, 0.4) is 0 Å². The minimum absolute atomic E-state index is 0.212. The van der Waals surface area contributed by atoms with Crippen molar-refractivity contribution in [2.75, 3.05) is 61.4 Å². The highest BCUT2D eigenvalue weighted by Gasteiger charge is 2.26. The lowest BCUT2D eigenvalue weighted by Gasteiger charge is -2.27. The molecular weight excluding hydrogens is 554 g/mol. The number of methoxy groups -OCH3 is 2. The number of carbonyl (C=O) groups excluding carboxylic acids is 1. The van der Waals surface area contributed by atoms with Crippen molar-refractivity contribution >= 4 is 56.6 Å². The fraction of sp³-hybridized carbons (Fsp3) is 0.226. The third-order valence-corrected chi connectivity index (χ3v) is 7.72. The number of pyridine rings is 1. The molecule has 216 valence electrons. The van der Waals surface area contributed by atoms with Gasteiger partial charge in [0, 0.05) is 56.8 Å². The number of nitrogens with one attached hydrogen (secondary N) is 3. The molecule has 0 unspecified atom stereocenters. The van der Waals surface area contributed by atoms with Crippen molar-refractivity contribution < 1.29 is 14.3 Å². The molecule has 0 bridgehead atoms. The zero-order valence-electron chi connectivity index (χ0n) is 23.3. The molecular formula is C31H31N5O5S. The molecule has 5 rings (SSSR count). The van der Waals surface area contributed by atoms with Gasteiger partial charge >= 0.3 is 0 Å². The first-order valence-corrected chi connectivity index (χ1v) is 14.3. The summed E-state index contributed by atoms with van der Waals surface area (Å²) in [6.45, 7) is 2.19. The molecule has 0 aliphatic heterocycles. The van der Waals surface area contributed by atoms with E-state index in [4.69, 9.17) is 9.47 Å². The number of carbonyl (C=O) groups is 1. The van der Waals surface area contributed by atoms with Gasteiger partial charge in [-0.2, -0.15) is 0 Å². The van der Waals surface area contributed by atoms with Crippen LogP contribution in [0.2, 0.25) is 0 Å². The summed E-state index contributed by atoms with van der Waals surface area (Å²) < 4.78 is 10.3. The van der Waals surface area contributed by atoms with Crippen molar-refractivity contribution in [1.29, 1.82) is 0 Å². The highest BCUT2D eigenvalue weighted by molar-refractivity contribution is 7.12. The molecule has 0 saturated heterocycles. The zero-order chi connectivity index (χ0) is 29.5. The lowest BCUT2D eigenvalue weighted by atomic mass is 10.1. The van der Waals surface area contributed by atoms with Crippen LogP contribution in [0.25, 0.3) is 10.9 Å². The Kier molecular flexibility index (Phi) is 9.22. The van der Waals surface area contributed by atoms with E-state index in [1.807, 2.05) is 41.8 Å². The van der Waals surface area contributed by atoms with Crippen molar-refractivity contribution in [3.05, 3.63) is 103 Å². The van der Waals surface area contributed by atoms with Gasteiger partial charge in [0.05, 0.1) is 24.4 Å². The summed E-state index contributed by atoms with van der Waals surface area (Å²) in [6, 6.07) is 18.8. The van der Waals surface area contributed by atoms with Crippen LogP contribution in [0.1, 0.15) is 15.2 Å². The largest absolute Gasteiger partial charge is 0.383 e. The Morgan fingerprint density at radius 1 is 0.929 bits per heavy atom. The van der Waals surface area contributed by atoms with Crippen LogP contribution >= 0.6 is 11.3 Å². The van der Waals surface area contributed by atoms with Gasteiger partial charge in [0.25, 0.3) is 16.8 Å². The van der Waals surface area contributed by atoms with E-state index in [-0.39, 0.29) is 11.6 Å². The van der Waals surface area contributed by atoms with E-state index in [1.165, 1.54) is 11.3 Å². The average Bonchev–Trinajstić information content (AvgIpc) is 3.49. The maximum absolute atomic E-state index is 13.2. The molecule has 3 aromatic carbocycles. The van der Waals surface area contributed by atoms with Crippen molar-refractivity contribution in [1.82, 2.24) is 4.98 Å². The smallest absolute Gasteiger partial charge is 0.267 e. The normalized spacial score (nSPS) is 11.1. The Labute approximate surface area is 246 Å². The number of para-hydroxylation sites is 1. The molecule has 1 amide bonds. The molecule has 2 heterocycles. The number of rotatable bonds is 14. The number of thiophene rings is 1. The van der Waals surface area contributed by atoms with Gasteiger partial charge < -0.3 is 30.3 Å². The van der Waals surface area contributed by atoms with Crippen LogP contribution in [0, 0.1) is 0 Å². The molecule has 5 aromatic rings. The Balaban J connectivity index is 1.28.